The fraction of sp³-hybridized carbons (Fsp3) is 1.00. The molecule has 0 aromatic heterocycles. The molecule has 2 rings (SSSR count). The number of hydrogen-bond acceptors (Lipinski definition) is 3. The van der Waals surface area contributed by atoms with E-state index in [1.54, 1.807) is 0 Å². The van der Waals surface area contributed by atoms with Crippen molar-refractivity contribution in [3.05, 3.63) is 0 Å². The van der Waals surface area contributed by atoms with Crippen molar-refractivity contribution in [2.75, 3.05) is 33.2 Å². The Morgan fingerprint density at radius 1 is 1.25 bits per heavy atom. The van der Waals surface area contributed by atoms with Crippen LogP contribution in [0.3, 0.4) is 0 Å². The van der Waals surface area contributed by atoms with Crippen molar-refractivity contribution in [3.63, 3.8) is 0 Å². The molecule has 2 aliphatic rings. The number of likely N-dealkylation sites (tertiary alicyclic amines) is 1. The highest BCUT2D eigenvalue weighted by atomic mass is 15.3. The minimum atomic E-state index is 0.631. The number of rotatable bonds is 4. The lowest BCUT2D eigenvalue weighted by atomic mass is 10.1. The lowest BCUT2D eigenvalue weighted by Gasteiger charge is -2.28. The molecule has 0 saturated carbocycles. The van der Waals surface area contributed by atoms with Crippen LogP contribution in [0.2, 0.25) is 0 Å². The Labute approximate surface area is 100 Å². The van der Waals surface area contributed by atoms with Crippen LogP contribution in [0.1, 0.15) is 33.1 Å². The molecule has 0 spiro atoms. The maximum absolute atomic E-state index is 3.51. The zero-order chi connectivity index (χ0) is 11.5. The predicted octanol–water partition coefficient (Wildman–Crippen LogP) is 1.15. The van der Waals surface area contributed by atoms with Gasteiger partial charge < -0.3 is 10.2 Å². The van der Waals surface area contributed by atoms with Gasteiger partial charge in [-0.3, -0.25) is 4.90 Å². The lowest BCUT2D eigenvalue weighted by Crippen LogP contribution is -2.43. The van der Waals surface area contributed by atoms with Crippen LogP contribution in [0.5, 0.6) is 0 Å². The van der Waals surface area contributed by atoms with Crippen LogP contribution in [0, 0.1) is 0 Å². The first kappa shape index (κ1) is 12.3. The van der Waals surface area contributed by atoms with Gasteiger partial charge in [-0.2, -0.15) is 0 Å². The van der Waals surface area contributed by atoms with Gasteiger partial charge in [0, 0.05) is 31.2 Å². The Morgan fingerprint density at radius 3 is 2.75 bits per heavy atom. The molecule has 2 aliphatic heterocycles. The van der Waals surface area contributed by atoms with Gasteiger partial charge in [0.05, 0.1) is 0 Å². The largest absolute Gasteiger partial charge is 0.313 e. The standard InChI is InChI=1S/C13H27N3/c1-4-14-11(2)9-16-8-7-12-5-6-13(10-16)15(12)3/h11-14H,4-10H2,1-3H3. The Morgan fingerprint density at radius 2 is 2.00 bits per heavy atom. The quantitative estimate of drug-likeness (QED) is 0.774. The third kappa shape index (κ3) is 2.76. The van der Waals surface area contributed by atoms with Crippen molar-refractivity contribution in [2.24, 2.45) is 0 Å². The average molecular weight is 225 g/mol. The van der Waals surface area contributed by atoms with Gasteiger partial charge in [0.1, 0.15) is 0 Å². The summed E-state index contributed by atoms with van der Waals surface area (Å²) in [6.07, 6.45) is 4.21. The summed E-state index contributed by atoms with van der Waals surface area (Å²) in [7, 11) is 2.32. The molecule has 3 nitrogen and oxygen atoms in total. The van der Waals surface area contributed by atoms with Gasteiger partial charge in [-0.1, -0.05) is 6.92 Å². The Bertz CT molecular complexity index is 219. The zero-order valence-electron chi connectivity index (χ0n) is 11.1. The van der Waals surface area contributed by atoms with Gasteiger partial charge >= 0.3 is 0 Å². The highest BCUT2D eigenvalue weighted by Crippen LogP contribution is 2.28. The zero-order valence-corrected chi connectivity index (χ0v) is 11.1. The highest BCUT2D eigenvalue weighted by Gasteiger charge is 2.34. The van der Waals surface area contributed by atoms with E-state index in [4.69, 9.17) is 0 Å². The number of fused-ring (bicyclic) bond motifs is 2. The summed E-state index contributed by atoms with van der Waals surface area (Å²) in [5.74, 6) is 0. The molecule has 0 aromatic carbocycles. The van der Waals surface area contributed by atoms with Crippen LogP contribution in [0.15, 0.2) is 0 Å². The smallest absolute Gasteiger partial charge is 0.0223 e. The lowest BCUT2D eigenvalue weighted by molar-refractivity contribution is 0.208. The molecular weight excluding hydrogens is 198 g/mol. The van der Waals surface area contributed by atoms with Crippen LogP contribution in [-0.4, -0.2) is 61.2 Å². The molecule has 3 unspecified atom stereocenters. The fourth-order valence-corrected chi connectivity index (χ4v) is 3.35. The second-order valence-corrected chi connectivity index (χ2v) is 5.56. The molecule has 0 amide bonds. The van der Waals surface area contributed by atoms with E-state index < -0.39 is 0 Å². The van der Waals surface area contributed by atoms with Gasteiger partial charge in [0.25, 0.3) is 0 Å². The molecule has 0 aliphatic carbocycles. The molecule has 2 fully saturated rings. The van der Waals surface area contributed by atoms with Gasteiger partial charge in [-0.05, 0) is 46.3 Å². The maximum atomic E-state index is 3.51. The van der Waals surface area contributed by atoms with E-state index in [-0.39, 0.29) is 0 Å². The summed E-state index contributed by atoms with van der Waals surface area (Å²) in [6, 6.07) is 2.32. The molecule has 16 heavy (non-hydrogen) atoms. The van der Waals surface area contributed by atoms with Crippen LogP contribution in [-0.2, 0) is 0 Å². The van der Waals surface area contributed by atoms with Crippen LogP contribution in [0.25, 0.3) is 0 Å². The van der Waals surface area contributed by atoms with Crippen molar-refractivity contribution < 1.29 is 0 Å². The summed E-state index contributed by atoms with van der Waals surface area (Å²) >= 11 is 0. The normalized spacial score (nSPS) is 33.9. The van der Waals surface area contributed by atoms with E-state index in [2.05, 4.69) is 36.0 Å². The average Bonchev–Trinajstić information content (AvgIpc) is 2.47. The number of hydrogen-bond donors (Lipinski definition) is 1. The van der Waals surface area contributed by atoms with Crippen molar-refractivity contribution in [1.29, 1.82) is 0 Å². The van der Waals surface area contributed by atoms with E-state index >= 15 is 0 Å². The second-order valence-electron chi connectivity index (χ2n) is 5.56. The molecule has 1 N–H and O–H groups in total. The molecular formula is C13H27N3. The monoisotopic (exact) mass is 225 g/mol. The highest BCUT2D eigenvalue weighted by molar-refractivity contribution is 4.91. The second kappa shape index (κ2) is 5.48. The number of likely N-dealkylation sites (N-methyl/N-ethyl adjacent to an activating group) is 2. The Hall–Kier alpha value is -0.120. The molecule has 94 valence electrons. The first-order valence-electron chi connectivity index (χ1n) is 6.88. The summed E-state index contributed by atoms with van der Waals surface area (Å²) in [5, 5.41) is 3.51. The summed E-state index contributed by atoms with van der Waals surface area (Å²) in [4.78, 5) is 5.28. The summed E-state index contributed by atoms with van der Waals surface area (Å²) in [6.45, 7) is 9.36. The van der Waals surface area contributed by atoms with Crippen molar-refractivity contribution in [3.8, 4) is 0 Å². The molecule has 3 atom stereocenters. The van der Waals surface area contributed by atoms with Gasteiger partial charge in [0.2, 0.25) is 0 Å². The predicted molar refractivity (Wildman–Crippen MR) is 68.8 cm³/mol. The molecule has 2 saturated heterocycles. The van der Waals surface area contributed by atoms with Crippen LogP contribution >= 0.6 is 0 Å². The van der Waals surface area contributed by atoms with E-state index in [0.717, 1.165) is 18.6 Å². The molecule has 2 bridgehead atoms. The van der Waals surface area contributed by atoms with Crippen molar-refractivity contribution >= 4 is 0 Å². The van der Waals surface area contributed by atoms with E-state index in [9.17, 15) is 0 Å². The fourth-order valence-electron chi connectivity index (χ4n) is 3.35. The van der Waals surface area contributed by atoms with Crippen LogP contribution in [0.4, 0.5) is 0 Å². The molecule has 0 radical (unpaired) electrons. The maximum Gasteiger partial charge on any atom is 0.0223 e. The number of nitrogens with zero attached hydrogens (tertiary/aromatic N) is 2. The van der Waals surface area contributed by atoms with Gasteiger partial charge in [0.15, 0.2) is 0 Å². The van der Waals surface area contributed by atoms with E-state index in [1.807, 2.05) is 0 Å². The molecule has 2 heterocycles. The summed E-state index contributed by atoms with van der Waals surface area (Å²) in [5.41, 5.74) is 0. The van der Waals surface area contributed by atoms with Crippen molar-refractivity contribution in [1.82, 2.24) is 15.1 Å². The van der Waals surface area contributed by atoms with E-state index in [0.29, 0.717) is 6.04 Å². The van der Waals surface area contributed by atoms with E-state index in [1.165, 1.54) is 38.9 Å². The topological polar surface area (TPSA) is 18.5 Å². The minimum Gasteiger partial charge on any atom is -0.313 e. The van der Waals surface area contributed by atoms with Gasteiger partial charge in [-0.15, -0.1) is 0 Å². The minimum absolute atomic E-state index is 0.631. The number of nitrogens with one attached hydrogen (secondary N) is 1. The van der Waals surface area contributed by atoms with Crippen molar-refractivity contribution in [2.45, 2.75) is 51.2 Å². The first-order chi connectivity index (χ1) is 7.70. The third-order valence-electron chi connectivity index (χ3n) is 4.32. The first-order valence-corrected chi connectivity index (χ1v) is 6.88. The SMILES string of the molecule is CCNC(C)CN1CCC2CCC(C1)N2C. The third-order valence-corrected chi connectivity index (χ3v) is 4.32. The molecule has 3 heteroatoms. The van der Waals surface area contributed by atoms with Crippen LogP contribution < -0.4 is 5.32 Å². The Balaban J connectivity index is 1.84. The van der Waals surface area contributed by atoms with Gasteiger partial charge in [-0.25, -0.2) is 0 Å². The summed E-state index contributed by atoms with van der Waals surface area (Å²) < 4.78 is 0. The Kier molecular flexibility index (Phi) is 4.22. The molecule has 0 aromatic rings.